The standard InChI is InChI=1S/C19H19ClN4O3/c1-4-15(11-6-5-7-13(20)8-11)22-17(25)12-9-14-16(21-10-12)23(2)19(27)24(3)18(14)26/h5-10,15H,4H2,1-3H3,(H,22,25). The third-order valence-electron chi connectivity index (χ3n) is 4.52. The Balaban J connectivity index is 1.98. The lowest BCUT2D eigenvalue weighted by Gasteiger charge is -2.18. The molecule has 0 aliphatic heterocycles. The fourth-order valence-corrected chi connectivity index (χ4v) is 3.17. The van der Waals surface area contributed by atoms with Crippen LogP contribution in [0.25, 0.3) is 11.0 Å². The summed E-state index contributed by atoms with van der Waals surface area (Å²) in [5, 5.41) is 3.74. The second-order valence-electron chi connectivity index (χ2n) is 6.29. The predicted octanol–water partition coefficient (Wildman–Crippen LogP) is 2.17. The molecule has 27 heavy (non-hydrogen) atoms. The van der Waals surface area contributed by atoms with E-state index in [0.29, 0.717) is 11.4 Å². The summed E-state index contributed by atoms with van der Waals surface area (Å²) in [6, 6.07) is 8.53. The minimum absolute atomic E-state index is 0.211. The van der Waals surface area contributed by atoms with Gasteiger partial charge < -0.3 is 5.32 Å². The average Bonchev–Trinajstić information content (AvgIpc) is 2.68. The first-order chi connectivity index (χ1) is 12.8. The van der Waals surface area contributed by atoms with Gasteiger partial charge in [0.2, 0.25) is 0 Å². The van der Waals surface area contributed by atoms with Crippen LogP contribution in [0.4, 0.5) is 0 Å². The molecule has 0 fully saturated rings. The Morgan fingerprint density at radius 3 is 2.63 bits per heavy atom. The molecule has 0 saturated carbocycles. The van der Waals surface area contributed by atoms with Crippen LogP contribution in [0.1, 0.15) is 35.3 Å². The zero-order valence-corrected chi connectivity index (χ0v) is 15.9. The number of hydrogen-bond acceptors (Lipinski definition) is 4. The third-order valence-corrected chi connectivity index (χ3v) is 4.76. The molecule has 3 rings (SSSR count). The lowest BCUT2D eigenvalue weighted by molar-refractivity contribution is 0.0935. The number of amides is 1. The van der Waals surface area contributed by atoms with Gasteiger partial charge in [-0.2, -0.15) is 0 Å². The van der Waals surface area contributed by atoms with E-state index in [-0.39, 0.29) is 28.5 Å². The molecular weight excluding hydrogens is 368 g/mol. The summed E-state index contributed by atoms with van der Waals surface area (Å²) in [6.45, 7) is 1.95. The van der Waals surface area contributed by atoms with E-state index in [1.54, 1.807) is 12.1 Å². The summed E-state index contributed by atoms with van der Waals surface area (Å²) in [5.41, 5.74) is 0.423. The maximum absolute atomic E-state index is 12.7. The van der Waals surface area contributed by atoms with E-state index in [2.05, 4.69) is 10.3 Å². The Morgan fingerprint density at radius 2 is 1.96 bits per heavy atom. The lowest BCUT2D eigenvalue weighted by Crippen LogP contribution is -2.37. The fourth-order valence-electron chi connectivity index (χ4n) is 2.98. The van der Waals surface area contributed by atoms with E-state index in [1.165, 1.54) is 30.9 Å². The zero-order chi connectivity index (χ0) is 19.7. The predicted molar refractivity (Wildman–Crippen MR) is 104 cm³/mol. The van der Waals surface area contributed by atoms with E-state index in [4.69, 9.17) is 11.6 Å². The number of halogens is 1. The van der Waals surface area contributed by atoms with Crippen molar-refractivity contribution in [2.75, 3.05) is 0 Å². The highest BCUT2D eigenvalue weighted by Gasteiger charge is 2.17. The molecule has 0 aliphatic rings. The van der Waals surface area contributed by atoms with Gasteiger partial charge in [0.25, 0.3) is 11.5 Å². The smallest absolute Gasteiger partial charge is 0.332 e. The fraction of sp³-hybridized carbons (Fsp3) is 0.263. The van der Waals surface area contributed by atoms with E-state index >= 15 is 0 Å². The van der Waals surface area contributed by atoms with Crippen LogP contribution < -0.4 is 16.6 Å². The summed E-state index contributed by atoms with van der Waals surface area (Å²) in [7, 11) is 2.92. The largest absolute Gasteiger partial charge is 0.345 e. The quantitative estimate of drug-likeness (QED) is 0.744. The summed E-state index contributed by atoms with van der Waals surface area (Å²) in [4.78, 5) is 41.2. The summed E-state index contributed by atoms with van der Waals surface area (Å²) >= 11 is 6.04. The highest BCUT2D eigenvalue weighted by molar-refractivity contribution is 6.30. The first-order valence-corrected chi connectivity index (χ1v) is 8.83. The van der Waals surface area contributed by atoms with Crippen molar-refractivity contribution in [2.24, 2.45) is 14.1 Å². The minimum Gasteiger partial charge on any atom is -0.345 e. The Bertz CT molecular complexity index is 1150. The van der Waals surface area contributed by atoms with Gasteiger partial charge in [0.05, 0.1) is 17.0 Å². The SMILES string of the molecule is CCC(NC(=O)c1cnc2c(c1)c(=O)n(C)c(=O)n2C)c1cccc(Cl)c1. The van der Waals surface area contributed by atoms with E-state index < -0.39 is 11.2 Å². The molecule has 0 saturated heterocycles. The van der Waals surface area contributed by atoms with Crippen molar-refractivity contribution in [3.8, 4) is 0 Å². The van der Waals surface area contributed by atoms with E-state index in [9.17, 15) is 14.4 Å². The van der Waals surface area contributed by atoms with Crippen molar-refractivity contribution < 1.29 is 4.79 Å². The topological polar surface area (TPSA) is 86.0 Å². The van der Waals surface area contributed by atoms with Crippen molar-refractivity contribution in [1.29, 1.82) is 0 Å². The van der Waals surface area contributed by atoms with Gasteiger partial charge in [-0.25, -0.2) is 9.78 Å². The number of nitrogens with one attached hydrogen (secondary N) is 1. The minimum atomic E-state index is -0.489. The zero-order valence-electron chi connectivity index (χ0n) is 15.2. The van der Waals surface area contributed by atoms with Crippen molar-refractivity contribution in [1.82, 2.24) is 19.4 Å². The van der Waals surface area contributed by atoms with Crippen LogP contribution in [0.15, 0.2) is 46.1 Å². The summed E-state index contributed by atoms with van der Waals surface area (Å²) < 4.78 is 2.27. The number of aromatic nitrogens is 3. The molecule has 3 aromatic rings. The average molecular weight is 387 g/mol. The maximum atomic E-state index is 12.7. The third kappa shape index (κ3) is 3.50. The summed E-state index contributed by atoms with van der Waals surface area (Å²) in [5.74, 6) is -0.355. The van der Waals surface area contributed by atoms with Gasteiger partial charge in [-0.1, -0.05) is 30.7 Å². The van der Waals surface area contributed by atoms with Gasteiger partial charge in [-0.15, -0.1) is 0 Å². The second kappa shape index (κ2) is 7.36. The van der Waals surface area contributed by atoms with Crippen molar-refractivity contribution >= 4 is 28.5 Å². The van der Waals surface area contributed by atoms with Gasteiger partial charge in [0, 0.05) is 25.3 Å². The second-order valence-corrected chi connectivity index (χ2v) is 6.73. The Hall–Kier alpha value is -2.93. The Morgan fingerprint density at radius 1 is 1.22 bits per heavy atom. The van der Waals surface area contributed by atoms with Crippen molar-refractivity contribution in [3.63, 3.8) is 0 Å². The van der Waals surface area contributed by atoms with Crippen LogP contribution in [-0.2, 0) is 14.1 Å². The highest BCUT2D eigenvalue weighted by Crippen LogP contribution is 2.21. The molecular formula is C19H19ClN4O3. The molecule has 0 aliphatic carbocycles. The number of carbonyl (C=O) groups is 1. The molecule has 7 nitrogen and oxygen atoms in total. The number of rotatable bonds is 4. The molecule has 2 aromatic heterocycles. The van der Waals surface area contributed by atoms with Crippen LogP contribution in [0.3, 0.4) is 0 Å². The number of benzene rings is 1. The number of aryl methyl sites for hydroxylation is 1. The molecule has 0 spiro atoms. The molecule has 1 N–H and O–H groups in total. The van der Waals surface area contributed by atoms with Crippen LogP contribution in [0.2, 0.25) is 5.02 Å². The molecule has 1 unspecified atom stereocenters. The molecule has 0 radical (unpaired) electrons. The molecule has 0 bridgehead atoms. The molecule has 140 valence electrons. The van der Waals surface area contributed by atoms with Crippen molar-refractivity contribution in [2.45, 2.75) is 19.4 Å². The van der Waals surface area contributed by atoms with Gasteiger partial charge in [-0.3, -0.25) is 18.7 Å². The first kappa shape index (κ1) is 18.8. The van der Waals surface area contributed by atoms with Crippen LogP contribution in [-0.4, -0.2) is 20.0 Å². The lowest BCUT2D eigenvalue weighted by atomic mass is 10.0. The van der Waals surface area contributed by atoms with Gasteiger partial charge in [0.15, 0.2) is 0 Å². The highest BCUT2D eigenvalue weighted by atomic mass is 35.5. The monoisotopic (exact) mass is 386 g/mol. The number of fused-ring (bicyclic) bond motifs is 1. The molecule has 8 heteroatoms. The number of carbonyl (C=O) groups excluding carboxylic acids is 1. The van der Waals surface area contributed by atoms with Crippen LogP contribution in [0, 0.1) is 0 Å². The number of pyridine rings is 1. The molecule has 1 atom stereocenters. The Kier molecular flexibility index (Phi) is 5.14. The molecule has 1 aromatic carbocycles. The van der Waals surface area contributed by atoms with Gasteiger partial charge in [0.1, 0.15) is 5.65 Å². The van der Waals surface area contributed by atoms with Crippen LogP contribution in [0.5, 0.6) is 0 Å². The van der Waals surface area contributed by atoms with Crippen molar-refractivity contribution in [3.05, 3.63) is 73.5 Å². The van der Waals surface area contributed by atoms with Crippen LogP contribution >= 0.6 is 11.6 Å². The molecule has 2 heterocycles. The van der Waals surface area contributed by atoms with Gasteiger partial charge in [-0.05, 0) is 30.2 Å². The Labute approximate surface area is 160 Å². The maximum Gasteiger partial charge on any atom is 0.332 e. The number of nitrogens with zero attached hydrogens (tertiary/aromatic N) is 3. The van der Waals surface area contributed by atoms with Gasteiger partial charge >= 0.3 is 5.69 Å². The number of hydrogen-bond donors (Lipinski definition) is 1. The summed E-state index contributed by atoms with van der Waals surface area (Å²) in [6.07, 6.45) is 2.03. The van der Waals surface area contributed by atoms with E-state index in [0.717, 1.165) is 10.1 Å². The normalized spacial score (nSPS) is 12.1. The van der Waals surface area contributed by atoms with E-state index in [1.807, 2.05) is 19.1 Å². The first-order valence-electron chi connectivity index (χ1n) is 8.45. The molecule has 1 amide bonds.